The van der Waals surface area contributed by atoms with Crippen molar-refractivity contribution in [3.05, 3.63) is 0 Å². The second-order valence-corrected chi connectivity index (χ2v) is 9.82. The minimum Gasteiger partial charge on any atom is -0.379 e. The topological polar surface area (TPSA) is 42.0 Å². The van der Waals surface area contributed by atoms with Crippen molar-refractivity contribution in [2.45, 2.75) is 60.8 Å². The molecular formula is C21H42N2O3. The molecule has 0 aromatic carbocycles. The van der Waals surface area contributed by atoms with E-state index in [0.29, 0.717) is 37.1 Å². The summed E-state index contributed by atoms with van der Waals surface area (Å²) in [6.45, 7) is 20.7. The first-order valence-corrected chi connectivity index (χ1v) is 10.2. The summed E-state index contributed by atoms with van der Waals surface area (Å²) in [4.78, 5) is 16.7. The first kappa shape index (κ1) is 23.4. The van der Waals surface area contributed by atoms with Crippen molar-refractivity contribution in [1.82, 2.24) is 9.80 Å². The van der Waals surface area contributed by atoms with Crippen LogP contribution in [-0.4, -0.2) is 74.9 Å². The van der Waals surface area contributed by atoms with Gasteiger partial charge in [-0.1, -0.05) is 41.5 Å². The zero-order valence-electron chi connectivity index (χ0n) is 18.1. The van der Waals surface area contributed by atoms with Crippen LogP contribution < -0.4 is 0 Å². The molecule has 0 bridgehead atoms. The van der Waals surface area contributed by atoms with Crippen molar-refractivity contribution in [3.63, 3.8) is 0 Å². The van der Waals surface area contributed by atoms with Crippen molar-refractivity contribution in [2.24, 2.45) is 10.8 Å². The van der Waals surface area contributed by atoms with Crippen LogP contribution in [0.25, 0.3) is 0 Å². The van der Waals surface area contributed by atoms with Crippen LogP contribution in [0.3, 0.4) is 0 Å². The highest BCUT2D eigenvalue weighted by molar-refractivity contribution is 5.76. The molecule has 0 spiro atoms. The first-order valence-electron chi connectivity index (χ1n) is 10.2. The van der Waals surface area contributed by atoms with E-state index in [1.54, 1.807) is 0 Å². The molecule has 0 saturated carbocycles. The summed E-state index contributed by atoms with van der Waals surface area (Å²) in [6.07, 6.45) is 2.73. The van der Waals surface area contributed by atoms with E-state index >= 15 is 0 Å². The van der Waals surface area contributed by atoms with E-state index in [0.717, 1.165) is 45.8 Å². The maximum Gasteiger partial charge on any atom is 0.224 e. The summed E-state index contributed by atoms with van der Waals surface area (Å²) in [7, 11) is 0. The number of piperazine rings is 1. The van der Waals surface area contributed by atoms with Crippen LogP contribution in [0.5, 0.6) is 0 Å². The van der Waals surface area contributed by atoms with E-state index in [4.69, 9.17) is 9.47 Å². The number of carbonyl (C=O) groups excluding carboxylic acids is 1. The van der Waals surface area contributed by atoms with Crippen LogP contribution in [-0.2, 0) is 14.3 Å². The molecule has 26 heavy (non-hydrogen) atoms. The van der Waals surface area contributed by atoms with Crippen LogP contribution in [0.15, 0.2) is 0 Å². The maximum absolute atomic E-state index is 12.3. The minimum absolute atomic E-state index is 0.217. The number of hydrogen-bond donors (Lipinski definition) is 0. The Balaban J connectivity index is 2.02. The molecule has 1 aliphatic rings. The monoisotopic (exact) mass is 370 g/mol. The van der Waals surface area contributed by atoms with Gasteiger partial charge in [0.05, 0.1) is 26.2 Å². The molecule has 1 heterocycles. The largest absolute Gasteiger partial charge is 0.379 e. The number of hydrogen-bond acceptors (Lipinski definition) is 4. The van der Waals surface area contributed by atoms with Crippen molar-refractivity contribution >= 4 is 5.91 Å². The SMILES string of the molecule is CC(C)(C)CCOCCOCCC(=O)N1CCN(CCC(C)(C)C)CC1. The fourth-order valence-corrected chi connectivity index (χ4v) is 2.73. The van der Waals surface area contributed by atoms with E-state index in [1.807, 2.05) is 4.90 Å². The lowest BCUT2D eigenvalue weighted by atomic mass is 9.92. The molecular weight excluding hydrogens is 328 g/mol. The van der Waals surface area contributed by atoms with Crippen molar-refractivity contribution in [1.29, 1.82) is 0 Å². The molecule has 1 fully saturated rings. The molecule has 0 unspecified atom stereocenters. The van der Waals surface area contributed by atoms with Crippen molar-refractivity contribution < 1.29 is 14.3 Å². The van der Waals surface area contributed by atoms with Gasteiger partial charge in [0.25, 0.3) is 0 Å². The van der Waals surface area contributed by atoms with Gasteiger partial charge in [0, 0.05) is 32.8 Å². The predicted molar refractivity (Wildman–Crippen MR) is 107 cm³/mol. The van der Waals surface area contributed by atoms with Crippen LogP contribution in [0.4, 0.5) is 0 Å². The Hall–Kier alpha value is -0.650. The van der Waals surface area contributed by atoms with Crippen LogP contribution in [0.1, 0.15) is 60.8 Å². The second-order valence-electron chi connectivity index (χ2n) is 9.82. The number of amides is 1. The van der Waals surface area contributed by atoms with Gasteiger partial charge in [-0.3, -0.25) is 9.69 Å². The molecule has 154 valence electrons. The molecule has 5 heteroatoms. The quantitative estimate of drug-likeness (QED) is 0.553. The Morgan fingerprint density at radius 3 is 1.85 bits per heavy atom. The summed E-state index contributed by atoms with van der Waals surface area (Å²) in [5.41, 5.74) is 0.685. The van der Waals surface area contributed by atoms with E-state index in [-0.39, 0.29) is 5.91 Å². The van der Waals surface area contributed by atoms with Crippen molar-refractivity contribution in [2.75, 3.05) is 59.2 Å². The molecule has 0 aliphatic carbocycles. The Morgan fingerprint density at radius 2 is 1.31 bits per heavy atom. The molecule has 5 nitrogen and oxygen atoms in total. The third-order valence-electron chi connectivity index (χ3n) is 4.73. The van der Waals surface area contributed by atoms with Gasteiger partial charge in [-0.25, -0.2) is 0 Å². The number of nitrogens with zero attached hydrogens (tertiary/aromatic N) is 2. The molecule has 1 saturated heterocycles. The number of carbonyl (C=O) groups is 1. The smallest absolute Gasteiger partial charge is 0.224 e. The molecule has 1 rings (SSSR count). The normalized spacial score (nSPS) is 16.9. The molecule has 0 N–H and O–H groups in total. The number of ether oxygens (including phenoxy) is 2. The first-order chi connectivity index (χ1) is 12.1. The minimum atomic E-state index is 0.217. The molecule has 1 aliphatic heterocycles. The average Bonchev–Trinajstić information content (AvgIpc) is 2.54. The summed E-state index contributed by atoms with van der Waals surface area (Å²) in [6, 6.07) is 0. The van der Waals surface area contributed by atoms with Crippen LogP contribution >= 0.6 is 0 Å². The Morgan fingerprint density at radius 1 is 0.769 bits per heavy atom. The van der Waals surface area contributed by atoms with Gasteiger partial charge < -0.3 is 14.4 Å². The average molecular weight is 371 g/mol. The zero-order valence-corrected chi connectivity index (χ0v) is 18.1. The maximum atomic E-state index is 12.3. The molecule has 0 aromatic heterocycles. The zero-order chi connectivity index (χ0) is 19.6. The standard InChI is InChI=1S/C21H42N2O3/c1-20(2,3)8-10-22-11-13-23(14-12-22)19(24)7-15-25-17-18-26-16-9-21(4,5)6/h7-18H2,1-6H3. The third kappa shape index (κ3) is 11.9. The van der Waals surface area contributed by atoms with Gasteiger partial charge >= 0.3 is 0 Å². The third-order valence-corrected chi connectivity index (χ3v) is 4.73. The van der Waals surface area contributed by atoms with Crippen molar-refractivity contribution in [3.8, 4) is 0 Å². The number of rotatable bonds is 10. The summed E-state index contributed by atoms with van der Waals surface area (Å²) in [5.74, 6) is 0.217. The van der Waals surface area contributed by atoms with E-state index in [9.17, 15) is 4.79 Å². The lowest BCUT2D eigenvalue weighted by Gasteiger charge is -2.36. The van der Waals surface area contributed by atoms with Gasteiger partial charge in [0.15, 0.2) is 0 Å². The predicted octanol–water partition coefficient (Wildman–Crippen LogP) is 3.43. The summed E-state index contributed by atoms with van der Waals surface area (Å²) >= 11 is 0. The van der Waals surface area contributed by atoms with E-state index in [1.165, 1.54) is 6.42 Å². The van der Waals surface area contributed by atoms with E-state index in [2.05, 4.69) is 46.4 Å². The highest BCUT2D eigenvalue weighted by Crippen LogP contribution is 2.19. The van der Waals surface area contributed by atoms with Gasteiger partial charge in [-0.05, 0) is 30.2 Å². The summed E-state index contributed by atoms with van der Waals surface area (Å²) in [5, 5.41) is 0. The van der Waals surface area contributed by atoms with Gasteiger partial charge in [-0.2, -0.15) is 0 Å². The van der Waals surface area contributed by atoms with Crippen LogP contribution in [0.2, 0.25) is 0 Å². The Labute approximate surface area is 161 Å². The molecule has 1 amide bonds. The Kier molecular flexibility index (Phi) is 10.1. The molecule has 0 radical (unpaired) electrons. The van der Waals surface area contributed by atoms with Crippen LogP contribution in [0, 0.1) is 10.8 Å². The molecule has 0 atom stereocenters. The van der Waals surface area contributed by atoms with Gasteiger partial charge in [0.2, 0.25) is 5.91 Å². The van der Waals surface area contributed by atoms with Gasteiger partial charge in [0.1, 0.15) is 0 Å². The highest BCUT2D eigenvalue weighted by Gasteiger charge is 2.22. The highest BCUT2D eigenvalue weighted by atomic mass is 16.5. The van der Waals surface area contributed by atoms with E-state index < -0.39 is 0 Å². The fourth-order valence-electron chi connectivity index (χ4n) is 2.73. The fraction of sp³-hybridized carbons (Fsp3) is 0.952. The second kappa shape index (κ2) is 11.3. The lowest BCUT2D eigenvalue weighted by molar-refractivity contribution is -0.134. The summed E-state index contributed by atoms with van der Waals surface area (Å²) < 4.78 is 11.1. The molecule has 0 aromatic rings. The lowest BCUT2D eigenvalue weighted by Crippen LogP contribution is -2.49. The Bertz CT molecular complexity index is 391. The van der Waals surface area contributed by atoms with Gasteiger partial charge in [-0.15, -0.1) is 0 Å².